The van der Waals surface area contributed by atoms with Crippen molar-refractivity contribution in [3.63, 3.8) is 0 Å². The number of rotatable bonds is 14. The Labute approximate surface area is 215 Å². The minimum absolute atomic E-state index is 0.0195. The molecule has 4 unspecified atom stereocenters. The molecular formula is C23H39N9O5. The van der Waals surface area contributed by atoms with Crippen molar-refractivity contribution in [2.45, 2.75) is 76.5 Å². The lowest BCUT2D eigenvalue weighted by molar-refractivity contribution is -0.143. The molecule has 3 amide bonds. The number of aliphatic carboxylic acids is 1. The Morgan fingerprint density at radius 1 is 1.24 bits per heavy atom. The topological polar surface area (TPSA) is 235 Å². The average molecular weight is 522 g/mol. The van der Waals surface area contributed by atoms with Gasteiger partial charge in [0.2, 0.25) is 17.7 Å². The summed E-state index contributed by atoms with van der Waals surface area (Å²) in [4.78, 5) is 63.0. The number of hydrogen-bond acceptors (Lipinski definition) is 7. The molecule has 0 aliphatic carbocycles. The van der Waals surface area contributed by atoms with Gasteiger partial charge in [-0.15, -0.1) is 0 Å². The van der Waals surface area contributed by atoms with E-state index in [1.54, 1.807) is 0 Å². The van der Waals surface area contributed by atoms with Crippen LogP contribution in [0.2, 0.25) is 0 Å². The highest BCUT2D eigenvalue weighted by Gasteiger charge is 2.38. The zero-order chi connectivity index (χ0) is 27.5. The number of amides is 3. The summed E-state index contributed by atoms with van der Waals surface area (Å²) in [5.41, 5.74) is 17.3. The standard InChI is InChI=1S/C23H39N9O5/c1-13(2)9-15(24)21(35)32-8-4-6-18(32)20(34)30-16(5-3-7-28-23(25)26)19(33)31-17(22(36)37)10-14-11-27-12-29-14/h11-13,15-18H,3-10,24H2,1-2H3,(H,27,29)(H,30,34)(H,31,33)(H,36,37)(H4,25,26,28). The molecule has 14 heteroatoms. The van der Waals surface area contributed by atoms with E-state index < -0.39 is 42.0 Å². The molecule has 0 radical (unpaired) electrons. The van der Waals surface area contributed by atoms with E-state index >= 15 is 0 Å². The van der Waals surface area contributed by atoms with Crippen LogP contribution in [0.25, 0.3) is 0 Å². The zero-order valence-electron chi connectivity index (χ0n) is 21.4. The van der Waals surface area contributed by atoms with Crippen LogP contribution in [0, 0.1) is 5.92 Å². The van der Waals surface area contributed by atoms with Gasteiger partial charge in [0.1, 0.15) is 18.1 Å². The molecule has 1 aliphatic rings. The number of aromatic amines is 1. The van der Waals surface area contributed by atoms with Crippen molar-refractivity contribution in [3.8, 4) is 0 Å². The Morgan fingerprint density at radius 3 is 2.57 bits per heavy atom. The number of imidazole rings is 1. The molecule has 37 heavy (non-hydrogen) atoms. The van der Waals surface area contributed by atoms with Gasteiger partial charge in [0.25, 0.3) is 0 Å². The Balaban J connectivity index is 2.12. The molecule has 2 heterocycles. The van der Waals surface area contributed by atoms with Gasteiger partial charge in [-0.3, -0.25) is 19.4 Å². The number of aromatic nitrogens is 2. The second kappa shape index (κ2) is 14.2. The third-order valence-corrected chi connectivity index (χ3v) is 6.05. The average Bonchev–Trinajstić information content (AvgIpc) is 3.51. The Hall–Kier alpha value is -3.68. The number of carboxylic acid groups (broad SMARTS) is 1. The number of carbonyl (C=O) groups excluding carboxylic acids is 3. The SMILES string of the molecule is CC(C)CC(N)C(=O)N1CCCC1C(=O)NC(CCCN=C(N)N)C(=O)NC(Cc1cnc[nH]1)C(=O)O. The number of carbonyl (C=O) groups is 4. The van der Waals surface area contributed by atoms with Crippen molar-refractivity contribution >= 4 is 29.7 Å². The molecular weight excluding hydrogens is 482 g/mol. The summed E-state index contributed by atoms with van der Waals surface area (Å²) in [5.74, 6) is -2.59. The molecule has 0 spiro atoms. The van der Waals surface area contributed by atoms with Crippen molar-refractivity contribution in [2.75, 3.05) is 13.1 Å². The van der Waals surface area contributed by atoms with Crippen LogP contribution < -0.4 is 27.8 Å². The van der Waals surface area contributed by atoms with Crippen LogP contribution in [0.15, 0.2) is 17.5 Å². The lowest BCUT2D eigenvalue weighted by Crippen LogP contribution is -2.57. The summed E-state index contributed by atoms with van der Waals surface area (Å²) in [7, 11) is 0. The maximum absolute atomic E-state index is 13.2. The highest BCUT2D eigenvalue weighted by Crippen LogP contribution is 2.20. The third-order valence-electron chi connectivity index (χ3n) is 6.05. The molecule has 206 valence electrons. The minimum atomic E-state index is -1.25. The third kappa shape index (κ3) is 9.37. The van der Waals surface area contributed by atoms with Crippen LogP contribution in [0.3, 0.4) is 0 Å². The van der Waals surface area contributed by atoms with Gasteiger partial charge in [0, 0.05) is 31.4 Å². The van der Waals surface area contributed by atoms with E-state index in [9.17, 15) is 24.3 Å². The summed E-state index contributed by atoms with van der Waals surface area (Å²) < 4.78 is 0. The van der Waals surface area contributed by atoms with Crippen molar-refractivity contribution in [3.05, 3.63) is 18.2 Å². The van der Waals surface area contributed by atoms with Crippen molar-refractivity contribution < 1.29 is 24.3 Å². The lowest BCUT2D eigenvalue weighted by Gasteiger charge is -2.29. The molecule has 1 aliphatic heterocycles. The van der Waals surface area contributed by atoms with Crippen molar-refractivity contribution in [2.24, 2.45) is 28.1 Å². The van der Waals surface area contributed by atoms with Gasteiger partial charge in [-0.25, -0.2) is 9.78 Å². The number of nitrogens with one attached hydrogen (secondary N) is 3. The highest BCUT2D eigenvalue weighted by molar-refractivity contribution is 5.94. The first kappa shape index (κ1) is 29.5. The largest absolute Gasteiger partial charge is 0.480 e. The smallest absolute Gasteiger partial charge is 0.326 e. The highest BCUT2D eigenvalue weighted by atomic mass is 16.4. The minimum Gasteiger partial charge on any atom is -0.480 e. The molecule has 1 aromatic rings. The van der Waals surface area contributed by atoms with E-state index in [4.69, 9.17) is 17.2 Å². The maximum Gasteiger partial charge on any atom is 0.326 e. The predicted octanol–water partition coefficient (Wildman–Crippen LogP) is -1.58. The molecule has 14 nitrogen and oxygen atoms in total. The van der Waals surface area contributed by atoms with Crippen LogP contribution in [-0.2, 0) is 25.6 Å². The number of carboxylic acids is 1. The zero-order valence-corrected chi connectivity index (χ0v) is 21.4. The predicted molar refractivity (Wildman–Crippen MR) is 136 cm³/mol. The molecule has 4 atom stereocenters. The fourth-order valence-corrected chi connectivity index (χ4v) is 4.25. The monoisotopic (exact) mass is 521 g/mol. The number of hydrogen-bond donors (Lipinski definition) is 7. The van der Waals surface area contributed by atoms with Crippen LogP contribution >= 0.6 is 0 Å². The molecule has 2 rings (SSSR count). The number of nitrogens with two attached hydrogens (primary N) is 3. The summed E-state index contributed by atoms with van der Waals surface area (Å²) in [6.45, 7) is 4.54. The molecule has 0 saturated carbocycles. The van der Waals surface area contributed by atoms with Gasteiger partial charge in [-0.05, 0) is 38.0 Å². The molecule has 0 aromatic carbocycles. The van der Waals surface area contributed by atoms with Crippen LogP contribution in [0.4, 0.5) is 0 Å². The van der Waals surface area contributed by atoms with E-state index in [1.165, 1.54) is 17.4 Å². The van der Waals surface area contributed by atoms with Crippen LogP contribution in [0.5, 0.6) is 0 Å². The first-order valence-electron chi connectivity index (χ1n) is 12.4. The van der Waals surface area contributed by atoms with E-state index in [0.29, 0.717) is 37.9 Å². The maximum atomic E-state index is 13.2. The summed E-state index contributed by atoms with van der Waals surface area (Å²) in [6.07, 6.45) is 4.91. The van der Waals surface area contributed by atoms with E-state index in [0.717, 1.165) is 0 Å². The summed E-state index contributed by atoms with van der Waals surface area (Å²) in [5, 5.41) is 14.8. The van der Waals surface area contributed by atoms with Crippen LogP contribution in [0.1, 0.15) is 51.6 Å². The van der Waals surface area contributed by atoms with Gasteiger partial charge in [-0.2, -0.15) is 0 Å². The quantitative estimate of drug-likeness (QED) is 0.0848. The van der Waals surface area contributed by atoms with Gasteiger partial charge >= 0.3 is 5.97 Å². The van der Waals surface area contributed by atoms with E-state index in [2.05, 4.69) is 25.6 Å². The van der Waals surface area contributed by atoms with Gasteiger partial charge in [-0.1, -0.05) is 13.8 Å². The van der Waals surface area contributed by atoms with Crippen LogP contribution in [-0.4, -0.2) is 86.9 Å². The molecule has 1 fully saturated rings. The van der Waals surface area contributed by atoms with Crippen molar-refractivity contribution in [1.82, 2.24) is 25.5 Å². The number of guanidine groups is 1. The molecule has 10 N–H and O–H groups in total. The normalized spacial score (nSPS) is 17.6. The number of likely N-dealkylation sites (tertiary alicyclic amines) is 1. The van der Waals surface area contributed by atoms with Gasteiger partial charge in [0.05, 0.1) is 12.4 Å². The van der Waals surface area contributed by atoms with Crippen molar-refractivity contribution in [1.29, 1.82) is 0 Å². The number of aliphatic imine (C=N–C) groups is 1. The molecule has 1 aromatic heterocycles. The second-order valence-corrected chi connectivity index (χ2v) is 9.62. The fourth-order valence-electron chi connectivity index (χ4n) is 4.25. The van der Waals surface area contributed by atoms with E-state index in [1.807, 2.05) is 13.8 Å². The van der Waals surface area contributed by atoms with Gasteiger partial charge in [0.15, 0.2) is 5.96 Å². The van der Waals surface area contributed by atoms with Gasteiger partial charge < -0.3 is 42.8 Å². The first-order chi connectivity index (χ1) is 17.5. The Morgan fingerprint density at radius 2 is 1.97 bits per heavy atom. The summed E-state index contributed by atoms with van der Waals surface area (Å²) >= 11 is 0. The van der Waals surface area contributed by atoms with E-state index in [-0.39, 0.29) is 37.2 Å². The Bertz CT molecular complexity index is 946. The summed E-state index contributed by atoms with van der Waals surface area (Å²) in [6, 6.07) is -3.79. The lowest BCUT2D eigenvalue weighted by atomic mass is 10.0. The second-order valence-electron chi connectivity index (χ2n) is 9.62. The Kier molecular flexibility index (Phi) is 11.3. The number of H-pyrrole nitrogens is 1. The molecule has 0 bridgehead atoms. The first-order valence-corrected chi connectivity index (χ1v) is 12.4. The molecule has 1 saturated heterocycles. The fraction of sp³-hybridized carbons (Fsp3) is 0.652. The number of nitrogens with zero attached hydrogens (tertiary/aromatic N) is 3.